The molecule has 1 N–H and O–H groups in total. The van der Waals surface area contributed by atoms with Gasteiger partial charge in [-0.15, -0.1) is 0 Å². The molecule has 0 amide bonds. The number of hydrogen-bond acceptors (Lipinski definition) is 4. The zero-order chi connectivity index (χ0) is 14.1. The van der Waals surface area contributed by atoms with Crippen LogP contribution in [0.1, 0.15) is 11.6 Å². The number of nitrogens with zero attached hydrogens (tertiary/aromatic N) is 4. The standard InChI is InChI=1S/C11H11F2N5O/c12-11(13)19-9-3-1-8(2-4-9)10(7-14)16-5-6-17-18-15/h1-4,10-11,16H,5-6H2. The van der Waals surface area contributed by atoms with Crippen LogP contribution < -0.4 is 10.1 Å². The smallest absolute Gasteiger partial charge is 0.387 e. The van der Waals surface area contributed by atoms with Crippen molar-refractivity contribution in [1.29, 1.82) is 5.26 Å². The Kier molecular flexibility index (Phi) is 6.09. The molecule has 100 valence electrons. The van der Waals surface area contributed by atoms with E-state index in [1.807, 2.05) is 6.07 Å². The van der Waals surface area contributed by atoms with E-state index in [9.17, 15) is 8.78 Å². The summed E-state index contributed by atoms with van der Waals surface area (Å²) in [6, 6.07) is 7.18. The van der Waals surface area contributed by atoms with Crippen LogP contribution in [0.25, 0.3) is 10.4 Å². The molecule has 1 rings (SSSR count). The summed E-state index contributed by atoms with van der Waals surface area (Å²) in [5.41, 5.74) is 8.71. The van der Waals surface area contributed by atoms with E-state index in [0.29, 0.717) is 12.1 Å². The molecule has 1 aromatic carbocycles. The first-order valence-corrected chi connectivity index (χ1v) is 5.36. The van der Waals surface area contributed by atoms with Crippen LogP contribution in [0, 0.1) is 11.3 Å². The van der Waals surface area contributed by atoms with Crippen molar-refractivity contribution < 1.29 is 13.5 Å². The lowest BCUT2D eigenvalue weighted by Crippen LogP contribution is -2.22. The summed E-state index contributed by atoms with van der Waals surface area (Å²) in [5, 5.41) is 15.2. The Morgan fingerprint density at radius 2 is 2.11 bits per heavy atom. The van der Waals surface area contributed by atoms with Gasteiger partial charge in [0.15, 0.2) is 0 Å². The SMILES string of the molecule is N#CC(NCCN=[N+]=[N-])c1ccc(OC(F)F)cc1. The first-order valence-electron chi connectivity index (χ1n) is 5.36. The van der Waals surface area contributed by atoms with E-state index in [1.54, 1.807) is 0 Å². The van der Waals surface area contributed by atoms with Crippen LogP contribution in [0.15, 0.2) is 29.4 Å². The van der Waals surface area contributed by atoms with Gasteiger partial charge in [-0.05, 0) is 23.2 Å². The summed E-state index contributed by atoms with van der Waals surface area (Å²) in [5.74, 6) is 0.0320. The Bertz CT molecular complexity index is 479. The van der Waals surface area contributed by atoms with Gasteiger partial charge in [-0.2, -0.15) is 14.0 Å². The minimum absolute atomic E-state index is 0.0320. The van der Waals surface area contributed by atoms with Gasteiger partial charge in [0.1, 0.15) is 11.8 Å². The Labute approximate surface area is 108 Å². The molecule has 1 aromatic rings. The molecule has 0 radical (unpaired) electrons. The van der Waals surface area contributed by atoms with Crippen LogP contribution in [0.3, 0.4) is 0 Å². The maximum Gasteiger partial charge on any atom is 0.387 e. The fraction of sp³-hybridized carbons (Fsp3) is 0.364. The van der Waals surface area contributed by atoms with E-state index in [0.717, 1.165) is 0 Å². The zero-order valence-electron chi connectivity index (χ0n) is 9.83. The maximum atomic E-state index is 12.0. The van der Waals surface area contributed by atoms with Gasteiger partial charge >= 0.3 is 6.61 Å². The van der Waals surface area contributed by atoms with E-state index < -0.39 is 12.7 Å². The lowest BCUT2D eigenvalue weighted by Gasteiger charge is -2.11. The molecule has 0 saturated heterocycles. The number of halogens is 2. The average Bonchev–Trinajstić information content (AvgIpc) is 2.40. The maximum absolute atomic E-state index is 12.0. The Balaban J connectivity index is 2.61. The first kappa shape index (κ1) is 14.7. The largest absolute Gasteiger partial charge is 0.435 e. The Morgan fingerprint density at radius 1 is 1.42 bits per heavy atom. The summed E-state index contributed by atoms with van der Waals surface area (Å²) in [6.07, 6.45) is 0. The van der Waals surface area contributed by atoms with E-state index in [1.165, 1.54) is 24.3 Å². The van der Waals surface area contributed by atoms with Crippen LogP contribution >= 0.6 is 0 Å². The highest BCUT2D eigenvalue weighted by atomic mass is 19.3. The molecule has 0 fully saturated rings. The molecule has 0 spiro atoms. The molecular weight excluding hydrogens is 256 g/mol. The molecule has 0 bridgehead atoms. The summed E-state index contributed by atoms with van der Waals surface area (Å²) >= 11 is 0. The quantitative estimate of drug-likeness (QED) is 0.356. The van der Waals surface area contributed by atoms with Crippen molar-refractivity contribution in [2.24, 2.45) is 5.11 Å². The topological polar surface area (TPSA) is 93.8 Å². The molecule has 0 aliphatic rings. The number of nitriles is 1. The predicted octanol–water partition coefficient (Wildman–Crippen LogP) is 2.75. The zero-order valence-corrected chi connectivity index (χ0v) is 9.83. The number of hydrogen-bond donors (Lipinski definition) is 1. The third-order valence-corrected chi connectivity index (χ3v) is 2.19. The lowest BCUT2D eigenvalue weighted by molar-refractivity contribution is -0.0498. The van der Waals surface area contributed by atoms with Crippen LogP contribution in [0.5, 0.6) is 5.75 Å². The summed E-state index contributed by atoms with van der Waals surface area (Å²) < 4.78 is 28.1. The number of nitrogens with one attached hydrogen (secondary N) is 1. The average molecular weight is 267 g/mol. The molecule has 0 aliphatic heterocycles. The van der Waals surface area contributed by atoms with Gasteiger partial charge in [0.25, 0.3) is 0 Å². The van der Waals surface area contributed by atoms with E-state index in [2.05, 4.69) is 20.1 Å². The minimum Gasteiger partial charge on any atom is -0.435 e. The van der Waals surface area contributed by atoms with Crippen LogP contribution in [0.4, 0.5) is 8.78 Å². The lowest BCUT2D eigenvalue weighted by atomic mass is 10.1. The highest BCUT2D eigenvalue weighted by molar-refractivity contribution is 5.31. The van der Waals surface area contributed by atoms with E-state index >= 15 is 0 Å². The van der Waals surface area contributed by atoms with Crippen molar-refractivity contribution >= 4 is 0 Å². The highest BCUT2D eigenvalue weighted by Gasteiger charge is 2.10. The second-order valence-electron chi connectivity index (χ2n) is 3.42. The minimum atomic E-state index is -2.88. The van der Waals surface area contributed by atoms with Gasteiger partial charge < -0.3 is 4.74 Å². The van der Waals surface area contributed by atoms with E-state index in [4.69, 9.17) is 10.8 Å². The molecular formula is C11H11F2N5O. The molecule has 1 unspecified atom stereocenters. The predicted molar refractivity (Wildman–Crippen MR) is 63.4 cm³/mol. The van der Waals surface area contributed by atoms with Crippen molar-refractivity contribution in [2.75, 3.05) is 13.1 Å². The van der Waals surface area contributed by atoms with Crippen molar-refractivity contribution in [1.82, 2.24) is 5.32 Å². The molecule has 0 saturated carbocycles. The van der Waals surface area contributed by atoms with Gasteiger partial charge in [0, 0.05) is 18.0 Å². The number of azide groups is 1. The molecule has 0 aliphatic carbocycles. The number of rotatable bonds is 7. The van der Waals surface area contributed by atoms with Crippen molar-refractivity contribution in [2.45, 2.75) is 12.7 Å². The van der Waals surface area contributed by atoms with Crippen molar-refractivity contribution in [3.8, 4) is 11.8 Å². The van der Waals surface area contributed by atoms with Gasteiger partial charge in [-0.1, -0.05) is 17.2 Å². The second kappa shape index (κ2) is 7.87. The van der Waals surface area contributed by atoms with Gasteiger partial charge in [0.2, 0.25) is 0 Å². The summed E-state index contributed by atoms with van der Waals surface area (Å²) in [7, 11) is 0. The normalized spacial score (nSPS) is 11.5. The van der Waals surface area contributed by atoms with Gasteiger partial charge in [-0.25, -0.2) is 0 Å². The van der Waals surface area contributed by atoms with Gasteiger partial charge in [-0.3, -0.25) is 5.32 Å². The van der Waals surface area contributed by atoms with Crippen molar-refractivity contribution in [3.63, 3.8) is 0 Å². The molecule has 8 heteroatoms. The summed E-state index contributed by atoms with van der Waals surface area (Å²) in [6.45, 7) is -2.31. The Hall–Kier alpha value is -2.36. The number of alkyl halides is 2. The van der Waals surface area contributed by atoms with Crippen LogP contribution in [0.2, 0.25) is 0 Å². The second-order valence-corrected chi connectivity index (χ2v) is 3.42. The third-order valence-electron chi connectivity index (χ3n) is 2.19. The first-order chi connectivity index (χ1) is 9.17. The summed E-state index contributed by atoms with van der Waals surface area (Å²) in [4.78, 5) is 2.58. The van der Waals surface area contributed by atoms with Crippen molar-refractivity contribution in [3.05, 3.63) is 40.3 Å². The van der Waals surface area contributed by atoms with Gasteiger partial charge in [0.05, 0.1) is 6.07 Å². The van der Waals surface area contributed by atoms with Crippen LogP contribution in [-0.4, -0.2) is 19.7 Å². The fourth-order valence-electron chi connectivity index (χ4n) is 1.38. The highest BCUT2D eigenvalue weighted by Crippen LogP contribution is 2.18. The molecule has 19 heavy (non-hydrogen) atoms. The van der Waals surface area contributed by atoms with Crippen LogP contribution in [-0.2, 0) is 0 Å². The third kappa shape index (κ3) is 5.21. The van der Waals surface area contributed by atoms with E-state index in [-0.39, 0.29) is 12.3 Å². The Morgan fingerprint density at radius 3 is 2.63 bits per heavy atom. The fourth-order valence-corrected chi connectivity index (χ4v) is 1.38. The molecule has 6 nitrogen and oxygen atoms in total. The molecule has 1 atom stereocenters. The number of ether oxygens (including phenoxy) is 1. The molecule has 0 heterocycles. The molecule has 0 aromatic heterocycles. The number of benzene rings is 1. The monoisotopic (exact) mass is 267 g/mol.